The first kappa shape index (κ1) is 16.0. The smallest absolute Gasteiger partial charge is 0.274 e. The van der Waals surface area contributed by atoms with Crippen LogP contribution in [-0.2, 0) is 12.8 Å². The van der Waals surface area contributed by atoms with Gasteiger partial charge < -0.3 is 4.90 Å². The Morgan fingerprint density at radius 2 is 1.72 bits per heavy atom. The van der Waals surface area contributed by atoms with Crippen LogP contribution < -0.4 is 0 Å². The number of hydrogen-bond acceptors (Lipinski definition) is 3. The van der Waals surface area contributed by atoms with Crippen molar-refractivity contribution in [2.24, 2.45) is 0 Å². The fraction of sp³-hybridized carbons (Fsp3) is 0.381. The summed E-state index contributed by atoms with van der Waals surface area (Å²) < 4.78 is 0. The second kappa shape index (κ2) is 7.18. The summed E-state index contributed by atoms with van der Waals surface area (Å²) in [6.07, 6.45) is 8.49. The van der Waals surface area contributed by atoms with Gasteiger partial charge in [0.2, 0.25) is 0 Å². The molecule has 1 aliphatic heterocycles. The average Bonchev–Trinajstić information content (AvgIpc) is 2.68. The molecular formula is C21H23N3O. The molecule has 2 heterocycles. The van der Waals surface area contributed by atoms with Gasteiger partial charge in [-0.1, -0.05) is 42.0 Å². The Morgan fingerprint density at radius 1 is 0.960 bits per heavy atom. The number of amides is 1. The Balaban J connectivity index is 1.42. The van der Waals surface area contributed by atoms with E-state index in [4.69, 9.17) is 0 Å². The Kier molecular flexibility index (Phi) is 4.59. The second-order valence-electron chi connectivity index (χ2n) is 6.91. The van der Waals surface area contributed by atoms with Gasteiger partial charge >= 0.3 is 0 Å². The highest BCUT2D eigenvalue weighted by atomic mass is 16.2. The maximum Gasteiger partial charge on any atom is 0.274 e. The number of carbonyl (C=O) groups is 1. The summed E-state index contributed by atoms with van der Waals surface area (Å²) in [5.74, 6) is 0.0274. The molecule has 1 fully saturated rings. The van der Waals surface area contributed by atoms with Crippen LogP contribution in [0.4, 0.5) is 0 Å². The van der Waals surface area contributed by atoms with Crippen LogP contribution in [0.15, 0.2) is 42.0 Å². The summed E-state index contributed by atoms with van der Waals surface area (Å²) in [5, 5.41) is 8.50. The van der Waals surface area contributed by atoms with Gasteiger partial charge in [-0.15, -0.1) is 5.10 Å². The third-order valence-electron chi connectivity index (χ3n) is 5.15. The fourth-order valence-corrected chi connectivity index (χ4v) is 3.68. The summed E-state index contributed by atoms with van der Waals surface area (Å²) in [7, 11) is 0. The van der Waals surface area contributed by atoms with Gasteiger partial charge in [0.15, 0.2) is 5.69 Å². The van der Waals surface area contributed by atoms with Crippen molar-refractivity contribution in [3.8, 4) is 0 Å². The Morgan fingerprint density at radius 3 is 2.52 bits per heavy atom. The Labute approximate surface area is 148 Å². The number of rotatable bonds is 2. The lowest BCUT2D eigenvalue weighted by Gasteiger charge is -2.28. The summed E-state index contributed by atoms with van der Waals surface area (Å²) in [5.41, 5.74) is 5.45. The van der Waals surface area contributed by atoms with Crippen LogP contribution in [0.5, 0.6) is 0 Å². The number of nitrogens with zero attached hydrogens (tertiary/aromatic N) is 3. The lowest BCUT2D eigenvalue weighted by Crippen LogP contribution is -2.37. The standard InChI is InChI=1S/C21H23N3O/c25-21(20-15-18-8-4-5-9-19(18)22-23-20)24-12-10-17(11-13-24)14-16-6-2-1-3-7-16/h1-3,6-7,14-15H,4-5,8-13H2. The first-order valence-corrected chi connectivity index (χ1v) is 9.19. The third-order valence-corrected chi connectivity index (χ3v) is 5.15. The quantitative estimate of drug-likeness (QED) is 0.842. The summed E-state index contributed by atoms with van der Waals surface area (Å²) in [6.45, 7) is 1.52. The molecule has 4 heteroatoms. The van der Waals surface area contributed by atoms with Crippen LogP contribution in [-0.4, -0.2) is 34.1 Å². The van der Waals surface area contributed by atoms with Crippen molar-refractivity contribution in [2.75, 3.05) is 13.1 Å². The molecule has 0 bridgehead atoms. The van der Waals surface area contributed by atoms with Crippen LogP contribution >= 0.6 is 0 Å². The number of hydrogen-bond donors (Lipinski definition) is 0. The zero-order valence-electron chi connectivity index (χ0n) is 14.4. The van der Waals surface area contributed by atoms with Crippen molar-refractivity contribution in [3.63, 3.8) is 0 Å². The van der Waals surface area contributed by atoms with Gasteiger partial charge in [0, 0.05) is 13.1 Å². The minimum Gasteiger partial charge on any atom is -0.337 e. The highest BCUT2D eigenvalue weighted by Crippen LogP contribution is 2.22. The summed E-state index contributed by atoms with van der Waals surface area (Å²) in [6, 6.07) is 12.3. The topological polar surface area (TPSA) is 46.1 Å². The van der Waals surface area contributed by atoms with E-state index in [1.807, 2.05) is 17.0 Å². The molecule has 1 aromatic heterocycles. The molecule has 0 radical (unpaired) electrons. The molecule has 0 atom stereocenters. The largest absolute Gasteiger partial charge is 0.337 e. The van der Waals surface area contributed by atoms with Crippen molar-refractivity contribution in [1.29, 1.82) is 0 Å². The lowest BCUT2D eigenvalue weighted by atomic mass is 9.96. The van der Waals surface area contributed by atoms with E-state index in [9.17, 15) is 4.79 Å². The van der Waals surface area contributed by atoms with Gasteiger partial charge in [0.1, 0.15) is 0 Å². The first-order valence-electron chi connectivity index (χ1n) is 9.19. The summed E-state index contributed by atoms with van der Waals surface area (Å²) in [4.78, 5) is 14.7. The molecule has 1 aliphatic carbocycles. The zero-order valence-corrected chi connectivity index (χ0v) is 14.4. The number of piperidine rings is 1. The average molecular weight is 333 g/mol. The SMILES string of the molecule is O=C(c1cc2c(nn1)CCCC2)N1CCC(=Cc2ccccc2)CC1. The van der Waals surface area contributed by atoms with Crippen LogP contribution in [0.3, 0.4) is 0 Å². The van der Waals surface area contributed by atoms with E-state index in [0.29, 0.717) is 5.69 Å². The number of likely N-dealkylation sites (tertiary alicyclic amines) is 1. The Bertz CT molecular complexity index is 788. The molecule has 0 spiro atoms. The van der Waals surface area contributed by atoms with E-state index in [1.165, 1.54) is 29.5 Å². The predicted molar refractivity (Wildman–Crippen MR) is 98.2 cm³/mol. The van der Waals surface area contributed by atoms with Crippen molar-refractivity contribution < 1.29 is 4.79 Å². The number of aromatic nitrogens is 2. The number of carbonyl (C=O) groups excluding carboxylic acids is 1. The number of benzene rings is 1. The van der Waals surface area contributed by atoms with E-state index >= 15 is 0 Å². The maximum atomic E-state index is 12.8. The normalized spacial score (nSPS) is 17.1. The minimum atomic E-state index is 0.0274. The van der Waals surface area contributed by atoms with Gasteiger partial charge in [0.05, 0.1) is 5.69 Å². The zero-order chi connectivity index (χ0) is 17.1. The van der Waals surface area contributed by atoms with Crippen molar-refractivity contribution in [3.05, 3.63) is 64.5 Å². The van der Waals surface area contributed by atoms with Crippen molar-refractivity contribution >= 4 is 12.0 Å². The molecule has 2 aromatic rings. The summed E-state index contributed by atoms with van der Waals surface area (Å²) >= 11 is 0. The van der Waals surface area contributed by atoms with Crippen LogP contribution in [0, 0.1) is 0 Å². The fourth-order valence-electron chi connectivity index (χ4n) is 3.68. The third kappa shape index (κ3) is 3.63. The molecular weight excluding hydrogens is 310 g/mol. The molecule has 25 heavy (non-hydrogen) atoms. The Hall–Kier alpha value is -2.49. The van der Waals surface area contributed by atoms with Gasteiger partial charge in [-0.05, 0) is 55.7 Å². The molecule has 4 rings (SSSR count). The molecule has 128 valence electrons. The van der Waals surface area contributed by atoms with Crippen molar-refractivity contribution in [2.45, 2.75) is 38.5 Å². The molecule has 1 saturated heterocycles. The molecule has 1 aromatic carbocycles. The molecule has 0 N–H and O–H groups in total. The van der Waals surface area contributed by atoms with Crippen molar-refractivity contribution in [1.82, 2.24) is 15.1 Å². The second-order valence-corrected chi connectivity index (χ2v) is 6.91. The first-order chi connectivity index (χ1) is 12.3. The molecule has 1 amide bonds. The monoisotopic (exact) mass is 333 g/mol. The molecule has 2 aliphatic rings. The van der Waals surface area contributed by atoms with Crippen LogP contribution in [0.2, 0.25) is 0 Å². The molecule has 4 nitrogen and oxygen atoms in total. The maximum absolute atomic E-state index is 12.8. The van der Waals surface area contributed by atoms with E-state index < -0.39 is 0 Å². The van der Waals surface area contributed by atoms with Gasteiger partial charge in [-0.3, -0.25) is 4.79 Å². The van der Waals surface area contributed by atoms with Gasteiger partial charge in [-0.2, -0.15) is 5.10 Å². The lowest BCUT2D eigenvalue weighted by molar-refractivity contribution is 0.0736. The van der Waals surface area contributed by atoms with E-state index in [2.05, 4.69) is 40.5 Å². The highest BCUT2D eigenvalue weighted by Gasteiger charge is 2.23. The number of fused-ring (bicyclic) bond motifs is 1. The molecule has 0 saturated carbocycles. The highest BCUT2D eigenvalue weighted by molar-refractivity contribution is 5.92. The number of aryl methyl sites for hydroxylation is 2. The van der Waals surface area contributed by atoms with Gasteiger partial charge in [-0.25, -0.2) is 0 Å². The van der Waals surface area contributed by atoms with Crippen LogP contribution in [0.25, 0.3) is 6.08 Å². The van der Waals surface area contributed by atoms with Gasteiger partial charge in [0.25, 0.3) is 5.91 Å². The van der Waals surface area contributed by atoms with E-state index in [0.717, 1.165) is 44.5 Å². The minimum absolute atomic E-state index is 0.0274. The predicted octanol–water partition coefficient (Wildman–Crippen LogP) is 3.68. The van der Waals surface area contributed by atoms with E-state index in [1.54, 1.807) is 0 Å². The van der Waals surface area contributed by atoms with Crippen LogP contribution in [0.1, 0.15) is 53.0 Å². The molecule has 0 unspecified atom stereocenters. The van der Waals surface area contributed by atoms with E-state index in [-0.39, 0.29) is 5.91 Å².